The third-order valence-corrected chi connectivity index (χ3v) is 5.92. The summed E-state index contributed by atoms with van der Waals surface area (Å²) in [6, 6.07) is 2.95. The van der Waals surface area contributed by atoms with Crippen molar-refractivity contribution in [1.82, 2.24) is 4.31 Å². The third kappa shape index (κ3) is 3.97. The summed E-state index contributed by atoms with van der Waals surface area (Å²) in [5.41, 5.74) is 0. The summed E-state index contributed by atoms with van der Waals surface area (Å²) in [6.45, 7) is 2.48. The zero-order chi connectivity index (χ0) is 17.0. The topological polar surface area (TPSA) is 83.9 Å². The van der Waals surface area contributed by atoms with Gasteiger partial charge in [0.15, 0.2) is 0 Å². The lowest BCUT2D eigenvalue weighted by atomic mass is 10.2. The van der Waals surface area contributed by atoms with E-state index in [1.807, 2.05) is 6.92 Å². The molecule has 1 aliphatic heterocycles. The van der Waals surface area contributed by atoms with Crippen LogP contribution in [0.25, 0.3) is 0 Å². The average Bonchev–Trinajstić information content (AvgIpc) is 2.97. The van der Waals surface area contributed by atoms with E-state index in [-0.39, 0.29) is 23.1 Å². The van der Waals surface area contributed by atoms with Gasteiger partial charge in [-0.25, -0.2) is 8.42 Å². The fourth-order valence-electron chi connectivity index (χ4n) is 2.51. The Kier molecular flexibility index (Phi) is 5.89. The highest BCUT2D eigenvalue weighted by molar-refractivity contribution is 7.89. The maximum Gasteiger partial charge on any atom is 0.324 e. The largest absolute Gasteiger partial charge is 0.506 e. The SMILES string of the molecule is CCCCOC(=O)[C@@H]1CCCN1S(=O)(=O)c1ccc(Cl)cc1O. The number of phenols is 1. The number of hydrogen-bond donors (Lipinski definition) is 1. The van der Waals surface area contributed by atoms with Crippen molar-refractivity contribution in [3.05, 3.63) is 23.2 Å². The maximum atomic E-state index is 12.7. The van der Waals surface area contributed by atoms with Gasteiger partial charge in [-0.3, -0.25) is 4.79 Å². The Labute approximate surface area is 141 Å². The first-order valence-corrected chi connectivity index (χ1v) is 9.36. The van der Waals surface area contributed by atoms with Crippen LogP contribution in [0.15, 0.2) is 23.1 Å². The predicted octanol–water partition coefficient (Wildman–Crippen LogP) is 2.54. The van der Waals surface area contributed by atoms with Crippen LogP contribution in [0.1, 0.15) is 32.6 Å². The molecule has 1 aromatic rings. The first-order chi connectivity index (χ1) is 10.9. The minimum absolute atomic E-state index is 0.220. The molecule has 1 saturated heterocycles. The van der Waals surface area contributed by atoms with Crippen molar-refractivity contribution in [2.45, 2.75) is 43.5 Å². The number of unbranched alkanes of at least 4 members (excludes halogenated alkanes) is 1. The molecule has 128 valence electrons. The Balaban J connectivity index is 2.22. The Morgan fingerprint density at radius 2 is 2.22 bits per heavy atom. The van der Waals surface area contributed by atoms with Crippen LogP contribution in [0.4, 0.5) is 0 Å². The molecule has 0 amide bonds. The van der Waals surface area contributed by atoms with Crippen molar-refractivity contribution in [3.8, 4) is 5.75 Å². The Bertz CT molecular complexity index is 676. The lowest BCUT2D eigenvalue weighted by Gasteiger charge is -2.23. The molecule has 0 aromatic heterocycles. The monoisotopic (exact) mass is 361 g/mol. The molecule has 0 saturated carbocycles. The van der Waals surface area contributed by atoms with Crippen LogP contribution in [-0.2, 0) is 19.6 Å². The van der Waals surface area contributed by atoms with E-state index < -0.39 is 27.8 Å². The van der Waals surface area contributed by atoms with E-state index in [0.29, 0.717) is 12.8 Å². The lowest BCUT2D eigenvalue weighted by molar-refractivity contribution is -0.147. The lowest BCUT2D eigenvalue weighted by Crippen LogP contribution is -2.41. The zero-order valence-electron chi connectivity index (χ0n) is 12.9. The van der Waals surface area contributed by atoms with Crippen LogP contribution < -0.4 is 0 Å². The second-order valence-electron chi connectivity index (χ2n) is 5.41. The molecule has 6 nitrogen and oxygen atoms in total. The fraction of sp³-hybridized carbons (Fsp3) is 0.533. The number of hydrogen-bond acceptors (Lipinski definition) is 5. The van der Waals surface area contributed by atoms with Gasteiger partial charge >= 0.3 is 5.97 Å². The highest BCUT2D eigenvalue weighted by atomic mass is 35.5. The van der Waals surface area contributed by atoms with Crippen molar-refractivity contribution >= 4 is 27.6 Å². The number of nitrogens with zero attached hydrogens (tertiary/aromatic N) is 1. The number of carbonyl (C=O) groups is 1. The summed E-state index contributed by atoms with van der Waals surface area (Å²) in [4.78, 5) is 11.9. The van der Waals surface area contributed by atoms with Crippen molar-refractivity contribution in [2.75, 3.05) is 13.2 Å². The Hall–Kier alpha value is -1.31. The Morgan fingerprint density at radius 1 is 1.48 bits per heavy atom. The molecule has 1 aliphatic rings. The molecular formula is C15H20ClNO5S. The number of rotatable bonds is 6. The fourth-order valence-corrected chi connectivity index (χ4v) is 4.39. The van der Waals surface area contributed by atoms with E-state index in [0.717, 1.165) is 17.1 Å². The molecule has 0 bridgehead atoms. The van der Waals surface area contributed by atoms with Gasteiger partial charge < -0.3 is 9.84 Å². The summed E-state index contributed by atoms with van der Waals surface area (Å²) in [5.74, 6) is -0.963. The smallest absolute Gasteiger partial charge is 0.324 e. The second kappa shape index (κ2) is 7.51. The van der Waals surface area contributed by atoms with Gasteiger partial charge in [0.25, 0.3) is 0 Å². The molecule has 1 aromatic carbocycles. The minimum atomic E-state index is -3.99. The van der Waals surface area contributed by atoms with Crippen molar-refractivity contribution in [3.63, 3.8) is 0 Å². The van der Waals surface area contributed by atoms with Gasteiger partial charge in [-0.1, -0.05) is 24.9 Å². The number of phenolic OH excluding ortho intramolecular Hbond substituents is 1. The molecule has 0 spiro atoms. The summed E-state index contributed by atoms with van der Waals surface area (Å²) in [5, 5.41) is 10.1. The highest BCUT2D eigenvalue weighted by Gasteiger charge is 2.41. The molecule has 1 fully saturated rings. The highest BCUT2D eigenvalue weighted by Crippen LogP contribution is 2.32. The quantitative estimate of drug-likeness (QED) is 0.621. The van der Waals surface area contributed by atoms with Gasteiger partial charge in [0.2, 0.25) is 10.0 Å². The number of benzene rings is 1. The maximum absolute atomic E-state index is 12.7. The number of aromatic hydroxyl groups is 1. The molecule has 2 rings (SSSR count). The summed E-state index contributed by atoms with van der Waals surface area (Å²) in [7, 11) is -3.99. The number of halogens is 1. The number of carbonyl (C=O) groups excluding carboxylic acids is 1. The van der Waals surface area contributed by atoms with Crippen LogP contribution in [0.3, 0.4) is 0 Å². The van der Waals surface area contributed by atoms with Gasteiger partial charge in [0.1, 0.15) is 16.7 Å². The van der Waals surface area contributed by atoms with E-state index in [9.17, 15) is 18.3 Å². The van der Waals surface area contributed by atoms with Crippen LogP contribution in [0.2, 0.25) is 5.02 Å². The Morgan fingerprint density at radius 3 is 2.87 bits per heavy atom. The van der Waals surface area contributed by atoms with Crippen molar-refractivity contribution in [2.24, 2.45) is 0 Å². The molecule has 1 heterocycles. The van der Waals surface area contributed by atoms with E-state index in [1.165, 1.54) is 18.2 Å². The van der Waals surface area contributed by atoms with Crippen LogP contribution in [0, 0.1) is 0 Å². The molecule has 0 aliphatic carbocycles. The molecule has 0 radical (unpaired) electrons. The molecule has 0 unspecified atom stereocenters. The van der Waals surface area contributed by atoms with Gasteiger partial charge in [-0.2, -0.15) is 4.31 Å². The predicted molar refractivity (Wildman–Crippen MR) is 85.9 cm³/mol. The summed E-state index contributed by atoms with van der Waals surface area (Å²) in [6.07, 6.45) is 2.61. The van der Waals surface area contributed by atoms with Gasteiger partial charge in [0, 0.05) is 11.6 Å². The van der Waals surface area contributed by atoms with E-state index >= 15 is 0 Å². The number of esters is 1. The van der Waals surface area contributed by atoms with E-state index in [4.69, 9.17) is 16.3 Å². The molecular weight excluding hydrogens is 342 g/mol. The summed E-state index contributed by atoms with van der Waals surface area (Å²) >= 11 is 5.73. The van der Waals surface area contributed by atoms with Crippen LogP contribution in [-0.4, -0.2) is 43.0 Å². The molecule has 1 atom stereocenters. The standard InChI is InChI=1S/C15H20ClNO5S/c1-2-3-9-22-15(19)12-5-4-8-17(12)23(20,21)14-7-6-11(16)10-13(14)18/h6-7,10,12,18H,2-5,8-9H2,1H3/t12-/m0/s1. The first-order valence-electron chi connectivity index (χ1n) is 7.55. The average molecular weight is 362 g/mol. The minimum Gasteiger partial charge on any atom is -0.506 e. The number of sulfonamides is 1. The molecule has 23 heavy (non-hydrogen) atoms. The van der Waals surface area contributed by atoms with E-state index in [1.54, 1.807) is 0 Å². The van der Waals surface area contributed by atoms with Crippen LogP contribution >= 0.6 is 11.6 Å². The van der Waals surface area contributed by atoms with Crippen LogP contribution in [0.5, 0.6) is 5.75 Å². The van der Waals surface area contributed by atoms with E-state index in [2.05, 4.69) is 0 Å². The number of ether oxygens (including phenoxy) is 1. The molecule has 8 heteroatoms. The van der Waals surface area contributed by atoms with Crippen molar-refractivity contribution < 1.29 is 23.1 Å². The third-order valence-electron chi connectivity index (χ3n) is 3.73. The first kappa shape index (κ1) is 18.0. The molecule has 1 N–H and O–H groups in total. The van der Waals surface area contributed by atoms with Gasteiger partial charge in [-0.15, -0.1) is 0 Å². The summed E-state index contributed by atoms with van der Waals surface area (Å²) < 4.78 is 31.7. The van der Waals surface area contributed by atoms with Gasteiger partial charge in [0.05, 0.1) is 6.61 Å². The zero-order valence-corrected chi connectivity index (χ0v) is 14.4. The van der Waals surface area contributed by atoms with Crippen molar-refractivity contribution in [1.29, 1.82) is 0 Å². The second-order valence-corrected chi connectivity index (χ2v) is 7.70. The normalized spacial score (nSPS) is 19.0. The van der Waals surface area contributed by atoms with Gasteiger partial charge in [-0.05, 0) is 37.5 Å².